The molecule has 8 nitrogen and oxygen atoms in total. The third-order valence-corrected chi connectivity index (χ3v) is 9.82. The Morgan fingerprint density at radius 3 is 2.47 bits per heavy atom. The first-order valence-corrected chi connectivity index (χ1v) is 14.9. The molecule has 43 heavy (non-hydrogen) atoms. The third kappa shape index (κ3) is 5.85. The predicted octanol–water partition coefficient (Wildman–Crippen LogP) is 5.65. The zero-order valence-corrected chi connectivity index (χ0v) is 24.8. The van der Waals surface area contributed by atoms with Gasteiger partial charge in [-0.25, -0.2) is 0 Å². The van der Waals surface area contributed by atoms with Crippen LogP contribution in [0.15, 0.2) is 41.1 Å². The molecule has 2 fully saturated rings. The van der Waals surface area contributed by atoms with Gasteiger partial charge in [-0.05, 0) is 73.6 Å². The molecule has 1 aromatic carbocycles. The Kier molecular flexibility index (Phi) is 8.52. The van der Waals surface area contributed by atoms with Crippen LogP contribution < -0.4 is 5.32 Å². The van der Waals surface area contributed by atoms with Gasteiger partial charge in [0.1, 0.15) is 0 Å². The van der Waals surface area contributed by atoms with Gasteiger partial charge in [0.2, 0.25) is 5.91 Å². The van der Waals surface area contributed by atoms with Gasteiger partial charge in [0.25, 0.3) is 5.91 Å². The van der Waals surface area contributed by atoms with E-state index in [2.05, 4.69) is 5.32 Å². The number of halogens is 4. The average molecular weight is 622 g/mol. The number of carboxylic acid groups (broad SMARTS) is 1. The zero-order chi connectivity index (χ0) is 31.3. The summed E-state index contributed by atoms with van der Waals surface area (Å²) in [6.45, 7) is 2.73. The average Bonchev–Trinajstić information content (AvgIpc) is 3.74. The second-order valence-electron chi connectivity index (χ2n) is 12.2. The third-order valence-electron chi connectivity index (χ3n) is 9.50. The van der Waals surface area contributed by atoms with Crippen LogP contribution in [0, 0.1) is 23.2 Å². The number of ether oxygens (including phenoxy) is 1. The lowest BCUT2D eigenvalue weighted by Crippen LogP contribution is -2.56. The fourth-order valence-corrected chi connectivity index (χ4v) is 6.84. The van der Waals surface area contributed by atoms with Crippen LogP contribution in [0.4, 0.5) is 13.2 Å². The van der Waals surface area contributed by atoms with Crippen LogP contribution in [0.1, 0.15) is 67.8 Å². The van der Waals surface area contributed by atoms with Gasteiger partial charge in [-0.1, -0.05) is 36.7 Å². The number of benzene rings is 1. The number of carbonyl (C=O) groups is 3. The Labute approximate surface area is 252 Å². The van der Waals surface area contributed by atoms with E-state index in [9.17, 15) is 32.7 Å². The molecule has 3 aliphatic carbocycles. The largest absolute Gasteiger partial charge is 0.481 e. The minimum atomic E-state index is -4.56. The number of amides is 2. The van der Waals surface area contributed by atoms with Crippen LogP contribution in [-0.2, 0) is 19.7 Å². The van der Waals surface area contributed by atoms with E-state index in [0.29, 0.717) is 49.2 Å². The molecular formula is C31H35ClF3N3O5. The van der Waals surface area contributed by atoms with Crippen LogP contribution in [0.25, 0.3) is 0 Å². The normalized spacial score (nSPS) is 25.5. The molecule has 1 aromatic rings. The maximum Gasteiger partial charge on any atom is 0.398 e. The van der Waals surface area contributed by atoms with Gasteiger partial charge in [0.15, 0.2) is 0 Å². The van der Waals surface area contributed by atoms with Crippen molar-refractivity contribution in [2.24, 2.45) is 17.8 Å². The molecule has 1 saturated carbocycles. The lowest BCUT2D eigenvalue weighted by atomic mass is 9.76. The van der Waals surface area contributed by atoms with E-state index in [-0.39, 0.29) is 65.5 Å². The molecule has 12 heteroatoms. The number of alkyl halides is 3. The molecule has 0 radical (unpaired) electrons. The summed E-state index contributed by atoms with van der Waals surface area (Å²) in [6.07, 6.45) is -1.70. The Bertz CT molecular complexity index is 1410. The smallest absolute Gasteiger partial charge is 0.398 e. The minimum absolute atomic E-state index is 0.0390. The van der Waals surface area contributed by atoms with Crippen molar-refractivity contribution in [3.05, 3.63) is 57.3 Å². The topological polar surface area (TPSA) is 120 Å². The summed E-state index contributed by atoms with van der Waals surface area (Å²) in [5.41, 5.74) is -0.984. The molecular weight excluding hydrogens is 587 g/mol. The van der Waals surface area contributed by atoms with Gasteiger partial charge >= 0.3 is 12.1 Å². The van der Waals surface area contributed by atoms with E-state index < -0.39 is 35.3 Å². The number of carboxylic acids is 1. The van der Waals surface area contributed by atoms with E-state index in [0.717, 1.165) is 0 Å². The van der Waals surface area contributed by atoms with Crippen LogP contribution in [0.3, 0.4) is 0 Å². The highest BCUT2D eigenvalue weighted by Gasteiger charge is 2.65. The molecule has 1 unspecified atom stereocenters. The molecule has 0 bridgehead atoms. The SMILES string of the molecule is COC1CN(C(=O)C2CCC(C(=N)C3=CC[C@@H](C(=O)O)[C@@H](C)C3)=C(NC(=O)c3c(Cl)cccc3C3(C(F)(F)F)CC3)C2)C1. The Balaban J connectivity index is 1.47. The summed E-state index contributed by atoms with van der Waals surface area (Å²) in [5.74, 6) is -3.08. The lowest BCUT2D eigenvalue weighted by molar-refractivity contribution is -0.160. The first kappa shape index (κ1) is 31.3. The van der Waals surface area contributed by atoms with Crippen molar-refractivity contribution in [3.63, 3.8) is 0 Å². The molecule has 0 aromatic heterocycles. The Morgan fingerprint density at radius 2 is 1.88 bits per heavy atom. The highest BCUT2D eigenvalue weighted by Crippen LogP contribution is 2.60. The first-order chi connectivity index (χ1) is 20.3. The highest BCUT2D eigenvalue weighted by atomic mass is 35.5. The van der Waals surface area contributed by atoms with Crippen molar-refractivity contribution in [2.45, 2.75) is 69.6 Å². The molecule has 3 N–H and O–H groups in total. The van der Waals surface area contributed by atoms with Crippen LogP contribution in [-0.4, -0.2) is 66.0 Å². The monoisotopic (exact) mass is 621 g/mol. The van der Waals surface area contributed by atoms with Crippen molar-refractivity contribution >= 4 is 35.1 Å². The number of allylic oxidation sites excluding steroid dienone is 4. The predicted molar refractivity (Wildman–Crippen MR) is 153 cm³/mol. The Hall–Kier alpha value is -3.18. The first-order valence-electron chi connectivity index (χ1n) is 14.5. The van der Waals surface area contributed by atoms with Gasteiger partial charge in [-0.2, -0.15) is 13.2 Å². The highest BCUT2D eigenvalue weighted by molar-refractivity contribution is 6.34. The lowest BCUT2D eigenvalue weighted by Gasteiger charge is -2.41. The van der Waals surface area contributed by atoms with E-state index in [1.807, 2.05) is 6.92 Å². The van der Waals surface area contributed by atoms with Gasteiger partial charge in [-0.15, -0.1) is 0 Å². The fourth-order valence-electron chi connectivity index (χ4n) is 6.58. The second-order valence-corrected chi connectivity index (χ2v) is 12.6. The van der Waals surface area contributed by atoms with E-state index in [4.69, 9.17) is 21.7 Å². The number of methoxy groups -OCH3 is 1. The number of likely N-dealkylation sites (tertiary alicyclic amines) is 1. The van der Waals surface area contributed by atoms with Gasteiger partial charge in [-0.3, -0.25) is 14.4 Å². The standard InChI is InChI=1S/C31H35ClF3N3O5/c1-16-12-17(6-8-20(16)29(41)42)26(36)21-9-7-18(28(40)38-14-19(15-38)43-2)13-24(21)37-27(39)25-22(4-3-5-23(25)32)30(10-11-30)31(33,34)35/h3-6,16,18-20,36H,7-15H2,1-2H3,(H,37,39)(H,41,42)/t16-,18?,20+/m0/s1. The van der Waals surface area contributed by atoms with Crippen molar-refractivity contribution in [3.8, 4) is 0 Å². The molecule has 1 heterocycles. The van der Waals surface area contributed by atoms with Gasteiger partial charge in [0, 0.05) is 31.8 Å². The van der Waals surface area contributed by atoms with Gasteiger partial charge in [0.05, 0.1) is 33.7 Å². The minimum Gasteiger partial charge on any atom is -0.481 e. The van der Waals surface area contributed by atoms with Crippen LogP contribution in [0.2, 0.25) is 5.02 Å². The van der Waals surface area contributed by atoms with Gasteiger partial charge < -0.3 is 25.5 Å². The number of aliphatic carboxylic acids is 1. The molecule has 1 saturated heterocycles. The summed E-state index contributed by atoms with van der Waals surface area (Å²) in [6, 6.07) is 4.06. The van der Waals surface area contributed by atoms with Crippen LogP contribution >= 0.6 is 11.6 Å². The number of hydrogen-bond acceptors (Lipinski definition) is 5. The number of hydrogen-bond donors (Lipinski definition) is 3. The van der Waals surface area contributed by atoms with E-state index in [1.54, 1.807) is 18.1 Å². The number of nitrogens with zero attached hydrogens (tertiary/aromatic N) is 1. The van der Waals surface area contributed by atoms with Crippen molar-refractivity contribution in [2.75, 3.05) is 20.2 Å². The molecule has 5 rings (SSSR count). The quantitative estimate of drug-likeness (QED) is 0.324. The van der Waals surface area contributed by atoms with Crippen molar-refractivity contribution < 1.29 is 37.4 Å². The molecule has 1 aliphatic heterocycles. The maximum absolute atomic E-state index is 14.1. The summed E-state index contributed by atoms with van der Waals surface area (Å²) in [7, 11) is 1.58. The fraction of sp³-hybridized carbons (Fsp3) is 0.548. The number of carbonyl (C=O) groups excluding carboxylic acids is 2. The number of nitrogens with one attached hydrogen (secondary N) is 2. The molecule has 0 spiro atoms. The zero-order valence-electron chi connectivity index (χ0n) is 24.0. The Morgan fingerprint density at radius 1 is 1.19 bits per heavy atom. The molecule has 3 atom stereocenters. The summed E-state index contributed by atoms with van der Waals surface area (Å²) >= 11 is 6.36. The second kappa shape index (κ2) is 11.7. The molecule has 2 amide bonds. The van der Waals surface area contributed by atoms with Crippen molar-refractivity contribution in [1.29, 1.82) is 5.41 Å². The summed E-state index contributed by atoms with van der Waals surface area (Å²) < 4.78 is 47.6. The molecule has 232 valence electrons. The number of rotatable bonds is 8. The summed E-state index contributed by atoms with van der Waals surface area (Å²) in [5, 5.41) is 21.2. The van der Waals surface area contributed by atoms with E-state index >= 15 is 0 Å². The molecule has 4 aliphatic rings. The summed E-state index contributed by atoms with van der Waals surface area (Å²) in [4.78, 5) is 40.3. The maximum atomic E-state index is 14.1. The van der Waals surface area contributed by atoms with Crippen molar-refractivity contribution in [1.82, 2.24) is 10.2 Å². The van der Waals surface area contributed by atoms with Crippen LogP contribution in [0.5, 0.6) is 0 Å². The van der Waals surface area contributed by atoms with E-state index in [1.165, 1.54) is 18.2 Å².